The molecule has 0 saturated carbocycles. The standard InChI is InChI=1S/C20H16F2O6/c21-20(22)15(11-26-17(23)13-7-3-1-4-8-13)16(28-19(20)25)12-27-18(24)14-9-5-2-6-10-14/h1-10,15-16H,11-12H2/t15-,16-/m1/s1. The molecule has 1 aliphatic heterocycles. The summed E-state index contributed by atoms with van der Waals surface area (Å²) in [6, 6.07) is 15.7. The summed E-state index contributed by atoms with van der Waals surface area (Å²) < 4.78 is 42.9. The summed E-state index contributed by atoms with van der Waals surface area (Å²) in [5, 5.41) is 0. The lowest BCUT2D eigenvalue weighted by Gasteiger charge is -2.20. The third-order valence-corrected chi connectivity index (χ3v) is 4.24. The van der Waals surface area contributed by atoms with Crippen molar-refractivity contribution in [2.24, 2.45) is 5.92 Å². The van der Waals surface area contributed by atoms with Crippen molar-refractivity contribution in [1.29, 1.82) is 0 Å². The first-order valence-corrected chi connectivity index (χ1v) is 8.43. The van der Waals surface area contributed by atoms with E-state index in [0.29, 0.717) is 0 Å². The molecule has 0 unspecified atom stereocenters. The van der Waals surface area contributed by atoms with E-state index in [1.165, 1.54) is 24.3 Å². The summed E-state index contributed by atoms with van der Waals surface area (Å²) in [5.41, 5.74) is 0.411. The van der Waals surface area contributed by atoms with Crippen molar-refractivity contribution >= 4 is 17.9 Å². The highest BCUT2D eigenvalue weighted by Crippen LogP contribution is 2.37. The normalized spacial score (nSPS) is 20.3. The Kier molecular flexibility index (Phi) is 5.67. The highest BCUT2D eigenvalue weighted by atomic mass is 19.3. The zero-order valence-corrected chi connectivity index (χ0v) is 14.5. The van der Waals surface area contributed by atoms with Gasteiger partial charge in [-0.15, -0.1) is 0 Å². The van der Waals surface area contributed by atoms with Gasteiger partial charge < -0.3 is 14.2 Å². The highest BCUT2D eigenvalue weighted by Gasteiger charge is 2.60. The van der Waals surface area contributed by atoms with Crippen LogP contribution in [-0.4, -0.2) is 43.1 Å². The molecule has 1 saturated heterocycles. The molecule has 6 nitrogen and oxygen atoms in total. The van der Waals surface area contributed by atoms with Gasteiger partial charge in [0.15, 0.2) is 0 Å². The van der Waals surface area contributed by atoms with E-state index in [-0.39, 0.29) is 11.1 Å². The number of carbonyl (C=O) groups is 3. The first-order valence-electron chi connectivity index (χ1n) is 8.43. The zero-order valence-electron chi connectivity index (χ0n) is 14.5. The molecule has 28 heavy (non-hydrogen) atoms. The molecule has 146 valence electrons. The Balaban J connectivity index is 1.63. The third kappa shape index (κ3) is 4.16. The molecule has 0 aliphatic carbocycles. The fourth-order valence-corrected chi connectivity index (χ4v) is 2.68. The van der Waals surface area contributed by atoms with Gasteiger partial charge in [0.25, 0.3) is 0 Å². The van der Waals surface area contributed by atoms with E-state index in [4.69, 9.17) is 9.47 Å². The van der Waals surface area contributed by atoms with Gasteiger partial charge in [-0.1, -0.05) is 36.4 Å². The molecule has 0 N–H and O–H groups in total. The van der Waals surface area contributed by atoms with Crippen LogP contribution in [0, 0.1) is 5.92 Å². The van der Waals surface area contributed by atoms with Crippen molar-refractivity contribution in [3.8, 4) is 0 Å². The molecule has 1 fully saturated rings. The molecule has 0 bridgehead atoms. The second kappa shape index (κ2) is 8.16. The Morgan fingerprint density at radius 1 is 0.857 bits per heavy atom. The fourth-order valence-electron chi connectivity index (χ4n) is 2.68. The maximum Gasteiger partial charge on any atom is 0.378 e. The number of hydrogen-bond donors (Lipinski definition) is 0. The van der Waals surface area contributed by atoms with E-state index in [1.54, 1.807) is 36.4 Å². The van der Waals surface area contributed by atoms with Crippen LogP contribution >= 0.6 is 0 Å². The topological polar surface area (TPSA) is 78.9 Å². The second-order valence-electron chi connectivity index (χ2n) is 6.10. The quantitative estimate of drug-likeness (QED) is 0.558. The lowest BCUT2D eigenvalue weighted by atomic mass is 9.99. The van der Waals surface area contributed by atoms with Crippen LogP contribution in [0.4, 0.5) is 8.78 Å². The largest absolute Gasteiger partial charge is 0.461 e. The van der Waals surface area contributed by atoms with Crippen molar-refractivity contribution in [2.45, 2.75) is 12.0 Å². The van der Waals surface area contributed by atoms with E-state index >= 15 is 0 Å². The maximum atomic E-state index is 14.1. The van der Waals surface area contributed by atoms with Crippen LogP contribution in [0.1, 0.15) is 20.7 Å². The maximum absolute atomic E-state index is 14.1. The minimum absolute atomic E-state index is 0.183. The van der Waals surface area contributed by atoms with Gasteiger partial charge in [0.1, 0.15) is 25.2 Å². The molecule has 1 heterocycles. The lowest BCUT2D eigenvalue weighted by Crippen LogP contribution is -2.38. The Hall–Kier alpha value is -3.29. The van der Waals surface area contributed by atoms with E-state index in [0.717, 1.165) is 0 Å². The molecular formula is C20H16F2O6. The second-order valence-corrected chi connectivity index (χ2v) is 6.10. The molecule has 0 radical (unpaired) electrons. The van der Waals surface area contributed by atoms with Crippen LogP contribution < -0.4 is 0 Å². The van der Waals surface area contributed by atoms with Crippen LogP contribution in [0.15, 0.2) is 60.7 Å². The van der Waals surface area contributed by atoms with Crippen molar-refractivity contribution in [1.82, 2.24) is 0 Å². The van der Waals surface area contributed by atoms with Gasteiger partial charge in [-0.2, -0.15) is 8.78 Å². The van der Waals surface area contributed by atoms with Gasteiger partial charge in [0, 0.05) is 0 Å². The molecule has 3 rings (SSSR count). The molecule has 1 aliphatic rings. The van der Waals surface area contributed by atoms with E-state index < -0.39 is 49.1 Å². The van der Waals surface area contributed by atoms with Gasteiger partial charge >= 0.3 is 23.8 Å². The van der Waals surface area contributed by atoms with Crippen LogP contribution in [0.2, 0.25) is 0 Å². The number of halogens is 2. The lowest BCUT2D eigenvalue weighted by molar-refractivity contribution is -0.161. The number of ether oxygens (including phenoxy) is 3. The number of alkyl halides is 2. The predicted octanol–water partition coefficient (Wildman–Crippen LogP) is 2.88. The average molecular weight is 390 g/mol. The molecule has 0 spiro atoms. The molecule has 2 atom stereocenters. The minimum Gasteiger partial charge on any atom is -0.461 e. The van der Waals surface area contributed by atoms with E-state index in [9.17, 15) is 23.2 Å². The van der Waals surface area contributed by atoms with Gasteiger partial charge in [0.2, 0.25) is 0 Å². The SMILES string of the molecule is O=C(OC[C@@H]1[C@@H](COC(=O)c2ccccc2)OC(=O)C1(F)F)c1ccccc1. The third-order valence-electron chi connectivity index (χ3n) is 4.24. The van der Waals surface area contributed by atoms with E-state index in [2.05, 4.69) is 4.74 Å². The summed E-state index contributed by atoms with van der Waals surface area (Å²) in [5.74, 6) is -8.92. The number of carbonyl (C=O) groups excluding carboxylic acids is 3. The van der Waals surface area contributed by atoms with Gasteiger partial charge in [-0.05, 0) is 24.3 Å². The molecular weight excluding hydrogens is 374 g/mol. The molecule has 8 heteroatoms. The summed E-state index contributed by atoms with van der Waals surface area (Å²) in [6.45, 7) is -1.34. The van der Waals surface area contributed by atoms with Crippen LogP contribution in [0.5, 0.6) is 0 Å². The highest BCUT2D eigenvalue weighted by molar-refractivity contribution is 5.90. The van der Waals surface area contributed by atoms with Gasteiger partial charge in [-0.25, -0.2) is 14.4 Å². The molecule has 2 aromatic rings. The number of esters is 3. The summed E-state index contributed by atoms with van der Waals surface area (Å²) >= 11 is 0. The summed E-state index contributed by atoms with van der Waals surface area (Å²) in [6.07, 6.45) is -1.43. The monoisotopic (exact) mass is 390 g/mol. The Labute approximate surface area is 159 Å². The molecule has 0 aromatic heterocycles. The van der Waals surface area contributed by atoms with Crippen LogP contribution in [0.3, 0.4) is 0 Å². The Bertz CT molecular complexity index is 854. The van der Waals surface area contributed by atoms with Gasteiger partial charge in [-0.3, -0.25) is 0 Å². The van der Waals surface area contributed by atoms with Crippen molar-refractivity contribution in [3.05, 3.63) is 71.8 Å². The minimum atomic E-state index is -3.86. The number of hydrogen-bond acceptors (Lipinski definition) is 6. The smallest absolute Gasteiger partial charge is 0.378 e. The zero-order chi connectivity index (χ0) is 20.1. The van der Waals surface area contributed by atoms with Crippen molar-refractivity contribution in [3.63, 3.8) is 0 Å². The number of cyclic esters (lactones) is 1. The fraction of sp³-hybridized carbons (Fsp3) is 0.250. The average Bonchev–Trinajstić information content (AvgIpc) is 2.93. The van der Waals surface area contributed by atoms with Gasteiger partial charge in [0.05, 0.1) is 11.1 Å². The van der Waals surface area contributed by atoms with Crippen molar-refractivity contribution in [2.75, 3.05) is 13.2 Å². The van der Waals surface area contributed by atoms with Crippen molar-refractivity contribution < 1.29 is 37.4 Å². The first-order chi connectivity index (χ1) is 13.4. The Morgan fingerprint density at radius 2 is 1.32 bits per heavy atom. The van der Waals surface area contributed by atoms with Crippen LogP contribution in [0.25, 0.3) is 0 Å². The number of rotatable bonds is 6. The molecule has 2 aromatic carbocycles. The summed E-state index contributed by atoms with van der Waals surface area (Å²) in [7, 11) is 0. The predicted molar refractivity (Wildman–Crippen MR) is 91.8 cm³/mol. The van der Waals surface area contributed by atoms with E-state index in [1.807, 2.05) is 0 Å². The number of benzene rings is 2. The molecule has 0 amide bonds. The first kappa shape index (κ1) is 19.5. The summed E-state index contributed by atoms with van der Waals surface area (Å²) in [4.78, 5) is 35.4. The van der Waals surface area contributed by atoms with Crippen LogP contribution in [-0.2, 0) is 19.0 Å². The Morgan fingerprint density at radius 3 is 1.82 bits per heavy atom.